The Morgan fingerprint density at radius 3 is 2.64 bits per heavy atom. The first-order chi connectivity index (χ1) is 10.3. The van der Waals surface area contributed by atoms with Crippen LogP contribution in [0.25, 0.3) is 0 Å². The predicted molar refractivity (Wildman–Crippen MR) is 82.4 cm³/mol. The second kappa shape index (κ2) is 4.70. The van der Waals surface area contributed by atoms with Crippen molar-refractivity contribution in [3.8, 4) is 5.75 Å². The molecule has 22 heavy (non-hydrogen) atoms. The Kier molecular flexibility index (Phi) is 3.17. The van der Waals surface area contributed by atoms with Crippen LogP contribution in [0.5, 0.6) is 5.75 Å². The van der Waals surface area contributed by atoms with Gasteiger partial charge < -0.3 is 9.84 Å². The Balaban J connectivity index is 2.25. The first-order valence-corrected chi connectivity index (χ1v) is 7.52. The van der Waals surface area contributed by atoms with Crippen molar-refractivity contribution >= 4 is 11.8 Å². The van der Waals surface area contributed by atoms with E-state index in [0.29, 0.717) is 17.7 Å². The topological polar surface area (TPSA) is 63.6 Å². The molecule has 0 radical (unpaired) electrons. The molecule has 0 aliphatic heterocycles. The second-order valence-corrected chi connectivity index (χ2v) is 6.66. The maximum absolute atomic E-state index is 12.5. The van der Waals surface area contributed by atoms with Gasteiger partial charge in [-0.1, -0.05) is 13.3 Å². The van der Waals surface area contributed by atoms with Crippen LogP contribution in [0.4, 0.5) is 0 Å². The lowest BCUT2D eigenvalue weighted by Crippen LogP contribution is -2.46. The lowest BCUT2D eigenvalue weighted by atomic mass is 9.54. The number of carbonyl (C=O) groups is 2. The number of ketones is 1. The number of hydrogen-bond acceptors (Lipinski definition) is 3. The third-order valence-corrected chi connectivity index (χ3v) is 5.38. The summed E-state index contributed by atoms with van der Waals surface area (Å²) in [5.41, 5.74) is 0.861. The molecule has 0 bridgehead atoms. The predicted octanol–water partition coefficient (Wildman–Crippen LogP) is 3.35. The minimum atomic E-state index is -0.983. The molecule has 1 aromatic rings. The first kappa shape index (κ1) is 14.8. The smallest absolute Gasteiger partial charge is 0.313 e. The Labute approximate surface area is 129 Å². The zero-order valence-corrected chi connectivity index (χ0v) is 13.1. The average molecular weight is 300 g/mol. The Hall–Kier alpha value is -2.10. The molecule has 0 saturated heterocycles. The van der Waals surface area contributed by atoms with Crippen molar-refractivity contribution in [2.75, 3.05) is 7.11 Å². The van der Waals surface area contributed by atoms with E-state index in [2.05, 4.69) is 0 Å². The van der Waals surface area contributed by atoms with Gasteiger partial charge in [-0.2, -0.15) is 0 Å². The molecule has 1 aromatic carbocycles. The van der Waals surface area contributed by atoms with Gasteiger partial charge in [0.1, 0.15) is 5.75 Å². The van der Waals surface area contributed by atoms with Crippen molar-refractivity contribution in [1.29, 1.82) is 0 Å². The summed E-state index contributed by atoms with van der Waals surface area (Å²) < 4.78 is 5.29. The number of fused-ring (bicyclic) bond motifs is 3. The molecule has 0 unspecified atom stereocenters. The highest BCUT2D eigenvalue weighted by atomic mass is 16.5. The fourth-order valence-corrected chi connectivity index (χ4v) is 4.02. The minimum Gasteiger partial charge on any atom is -0.497 e. The first-order valence-electron chi connectivity index (χ1n) is 7.52. The van der Waals surface area contributed by atoms with Gasteiger partial charge >= 0.3 is 5.97 Å². The van der Waals surface area contributed by atoms with Crippen LogP contribution in [0.15, 0.2) is 29.8 Å². The van der Waals surface area contributed by atoms with Crippen LogP contribution in [0.2, 0.25) is 0 Å². The number of allylic oxidation sites excluding steroid dienone is 1. The zero-order chi connectivity index (χ0) is 16.1. The number of aliphatic carboxylic acids is 1. The van der Waals surface area contributed by atoms with E-state index < -0.39 is 16.8 Å². The molecule has 1 saturated carbocycles. The molecule has 1 fully saturated rings. The molecule has 116 valence electrons. The van der Waals surface area contributed by atoms with Crippen molar-refractivity contribution in [3.05, 3.63) is 41.0 Å². The van der Waals surface area contributed by atoms with Crippen molar-refractivity contribution < 1.29 is 19.4 Å². The number of methoxy groups -OCH3 is 1. The number of hydrogen-bond donors (Lipinski definition) is 1. The molecule has 2 atom stereocenters. The number of carboxylic acid groups (broad SMARTS) is 1. The quantitative estimate of drug-likeness (QED) is 0.909. The largest absolute Gasteiger partial charge is 0.497 e. The lowest BCUT2D eigenvalue weighted by Gasteiger charge is -2.48. The normalized spacial score (nSPS) is 30.1. The molecule has 0 heterocycles. The van der Waals surface area contributed by atoms with E-state index >= 15 is 0 Å². The van der Waals surface area contributed by atoms with E-state index in [0.717, 1.165) is 24.0 Å². The van der Waals surface area contributed by atoms with Crippen LogP contribution in [0.3, 0.4) is 0 Å². The van der Waals surface area contributed by atoms with Gasteiger partial charge in [0.2, 0.25) is 0 Å². The minimum absolute atomic E-state index is 0.112. The maximum Gasteiger partial charge on any atom is 0.313 e. The van der Waals surface area contributed by atoms with Gasteiger partial charge in [-0.05, 0) is 55.2 Å². The van der Waals surface area contributed by atoms with Crippen molar-refractivity contribution in [1.82, 2.24) is 0 Å². The summed E-state index contributed by atoms with van der Waals surface area (Å²) in [6.45, 7) is 3.78. The fourth-order valence-electron chi connectivity index (χ4n) is 4.02. The maximum atomic E-state index is 12.5. The third-order valence-electron chi connectivity index (χ3n) is 5.38. The molecule has 3 rings (SSSR count). The molecule has 0 amide bonds. The number of carbonyl (C=O) groups excluding carboxylic acids is 1. The summed E-state index contributed by atoms with van der Waals surface area (Å²) in [7, 11) is 1.59. The van der Waals surface area contributed by atoms with Gasteiger partial charge in [-0.3, -0.25) is 9.59 Å². The fraction of sp³-hybridized carbons (Fsp3) is 0.444. The summed E-state index contributed by atoms with van der Waals surface area (Å²) in [4.78, 5) is 24.3. The van der Waals surface area contributed by atoms with E-state index in [4.69, 9.17) is 4.74 Å². The molecule has 0 aromatic heterocycles. The Morgan fingerprint density at radius 2 is 2.00 bits per heavy atom. The summed E-state index contributed by atoms with van der Waals surface area (Å²) >= 11 is 0. The third kappa shape index (κ3) is 1.83. The van der Waals surface area contributed by atoms with Gasteiger partial charge in [0.25, 0.3) is 0 Å². The monoisotopic (exact) mass is 300 g/mol. The van der Waals surface area contributed by atoms with E-state index in [1.54, 1.807) is 32.2 Å². The molecule has 4 nitrogen and oxygen atoms in total. The van der Waals surface area contributed by atoms with Gasteiger partial charge in [0.15, 0.2) is 5.78 Å². The van der Waals surface area contributed by atoms with Gasteiger partial charge in [0.05, 0.1) is 12.5 Å². The molecular formula is C18H20O4. The summed E-state index contributed by atoms with van der Waals surface area (Å²) in [6, 6.07) is 5.44. The summed E-state index contributed by atoms with van der Waals surface area (Å²) in [6.07, 6.45) is 3.79. The molecule has 4 heteroatoms. The standard InChI is InChI=1S/C18H20O4/c1-17-7-4-8-18(2,16(20)21)15(17)10-14(19)12-6-5-11(22-3)9-13(12)17/h5-6,9-10H,4,7-8H2,1-3H3,(H,20,21)/t17-,18+/m0/s1. The Bertz CT molecular complexity index is 703. The highest BCUT2D eigenvalue weighted by Crippen LogP contribution is 2.55. The lowest BCUT2D eigenvalue weighted by molar-refractivity contribution is -0.147. The van der Waals surface area contributed by atoms with Crippen molar-refractivity contribution in [3.63, 3.8) is 0 Å². The van der Waals surface area contributed by atoms with Crippen molar-refractivity contribution in [2.24, 2.45) is 5.41 Å². The van der Waals surface area contributed by atoms with Crippen LogP contribution >= 0.6 is 0 Å². The van der Waals surface area contributed by atoms with E-state index in [1.807, 2.05) is 13.0 Å². The van der Waals surface area contributed by atoms with Crippen LogP contribution in [0.1, 0.15) is 49.0 Å². The van der Waals surface area contributed by atoms with E-state index in [1.165, 1.54) is 0 Å². The molecule has 0 spiro atoms. The molecular weight excluding hydrogens is 280 g/mol. The van der Waals surface area contributed by atoms with E-state index in [9.17, 15) is 14.7 Å². The highest BCUT2D eigenvalue weighted by molar-refractivity contribution is 6.09. The molecule has 2 aliphatic carbocycles. The SMILES string of the molecule is COc1ccc2c(c1)[C@]1(C)CCC[C@@](C)(C(=O)O)C1=CC2=O. The van der Waals surface area contributed by atoms with Crippen LogP contribution in [0, 0.1) is 5.41 Å². The van der Waals surface area contributed by atoms with Crippen LogP contribution in [-0.2, 0) is 10.2 Å². The molecule has 2 aliphatic rings. The van der Waals surface area contributed by atoms with Gasteiger partial charge in [-0.15, -0.1) is 0 Å². The average Bonchev–Trinajstić information content (AvgIpc) is 2.49. The zero-order valence-electron chi connectivity index (χ0n) is 13.1. The van der Waals surface area contributed by atoms with E-state index in [-0.39, 0.29) is 5.78 Å². The molecule has 1 N–H and O–H groups in total. The van der Waals surface area contributed by atoms with Crippen molar-refractivity contribution in [2.45, 2.75) is 38.5 Å². The summed E-state index contributed by atoms with van der Waals surface area (Å²) in [5, 5.41) is 9.71. The second-order valence-electron chi connectivity index (χ2n) is 6.66. The number of benzene rings is 1. The highest BCUT2D eigenvalue weighted by Gasteiger charge is 2.52. The Morgan fingerprint density at radius 1 is 1.27 bits per heavy atom. The number of carboxylic acids is 1. The van der Waals surface area contributed by atoms with Crippen LogP contribution < -0.4 is 4.74 Å². The summed E-state index contributed by atoms with van der Waals surface area (Å²) in [5.74, 6) is -0.278. The van der Waals surface area contributed by atoms with Gasteiger partial charge in [-0.25, -0.2) is 0 Å². The van der Waals surface area contributed by atoms with Crippen LogP contribution in [-0.4, -0.2) is 24.0 Å². The number of ether oxygens (including phenoxy) is 1. The number of rotatable bonds is 2. The van der Waals surface area contributed by atoms with Gasteiger partial charge in [0, 0.05) is 11.0 Å².